The van der Waals surface area contributed by atoms with Crippen molar-refractivity contribution < 1.29 is 29.6 Å². The Morgan fingerprint density at radius 1 is 0.851 bits per heavy atom. The fraction of sp³-hybridized carbons (Fsp3) is 0.551. The number of ketones is 2. The smallest absolute Gasteiger partial charge is 0.189 e. The highest BCUT2D eigenvalue weighted by atomic mass is 33.1. The number of aromatic hydroxyl groups is 1. The topological polar surface area (TPSA) is 229 Å². The van der Waals surface area contributed by atoms with Gasteiger partial charge in [0.25, 0.3) is 0 Å². The van der Waals surface area contributed by atoms with Crippen molar-refractivity contribution in [3.63, 3.8) is 0 Å². The average molecular weight is 1310 g/mol. The maximum atomic E-state index is 14.8. The molecule has 1 spiro atoms. The fourth-order valence-electron chi connectivity index (χ4n) is 19.4. The van der Waals surface area contributed by atoms with Crippen LogP contribution in [0.1, 0.15) is 130 Å². The number of fused-ring (bicyclic) bond motifs is 14. The molecule has 5 fully saturated rings. The van der Waals surface area contributed by atoms with Crippen LogP contribution in [0.25, 0.3) is 5.57 Å². The predicted octanol–water partition coefficient (Wildman–Crippen LogP) is 10.9. The Hall–Kier alpha value is -5.69. The van der Waals surface area contributed by atoms with Crippen molar-refractivity contribution in [2.75, 3.05) is 58.1 Å². The number of nitrogens with zero attached hydrogens (tertiary/aromatic N) is 1. The number of benzene rings is 4. The second-order valence-electron chi connectivity index (χ2n) is 29.3. The van der Waals surface area contributed by atoms with Crippen LogP contribution in [0.2, 0.25) is 0 Å². The summed E-state index contributed by atoms with van der Waals surface area (Å²) >= 11 is 0. The number of nitrogens with one attached hydrogen (secondary N) is 5. The summed E-state index contributed by atoms with van der Waals surface area (Å²) in [5.74, 6) is 4.85. The molecule has 4 saturated carbocycles. The molecule has 4 aromatic carbocycles. The van der Waals surface area contributed by atoms with Crippen molar-refractivity contribution in [1.29, 1.82) is 0 Å². The van der Waals surface area contributed by atoms with E-state index in [2.05, 4.69) is 124 Å². The Labute approximate surface area is 566 Å². The zero-order chi connectivity index (χ0) is 65.2. The van der Waals surface area contributed by atoms with Gasteiger partial charge in [-0.1, -0.05) is 119 Å². The SMILES string of the molecule is COc1cc2c(cc1O)CC1=CNC(N)C(=C1CCc1cccc(CCc3ccccc3)c1)CSSCN=C(N)NCC(CCc1ccccc1)C1CCC3(C1)C(NCC(C)O)CC1(CC4C5CCNCC5CC5C=CCNC54)CC(CCC13)CC(=O)CC(=O)C=C2CO. The van der Waals surface area contributed by atoms with Gasteiger partial charge in [-0.05, 0) is 261 Å². The van der Waals surface area contributed by atoms with Crippen LogP contribution >= 0.6 is 21.6 Å². The van der Waals surface area contributed by atoms with Gasteiger partial charge < -0.3 is 58.1 Å². The molecule has 14 unspecified atom stereocenters. The number of dihydropyridines is 1. The Kier molecular flexibility index (Phi) is 23.0. The lowest BCUT2D eigenvalue weighted by Crippen LogP contribution is -2.57. The van der Waals surface area contributed by atoms with Gasteiger partial charge in [-0.15, -0.1) is 0 Å². The first-order valence-corrected chi connectivity index (χ1v) is 37.9. The van der Waals surface area contributed by atoms with Gasteiger partial charge in [0, 0.05) is 50.1 Å². The van der Waals surface area contributed by atoms with Gasteiger partial charge in [0.2, 0.25) is 0 Å². The number of carbonyl (C=O) groups is 2. The summed E-state index contributed by atoms with van der Waals surface area (Å²) in [6, 6.07) is 34.4. The van der Waals surface area contributed by atoms with Crippen molar-refractivity contribution in [1.82, 2.24) is 26.6 Å². The zero-order valence-corrected chi connectivity index (χ0v) is 57.2. The molecule has 4 aromatic rings. The highest BCUT2D eigenvalue weighted by Gasteiger charge is 2.66. The molecule has 16 heteroatoms. The minimum absolute atomic E-state index is 0.00425. The standard InChI is InChI=1S/C78H104N8O6S2/c1-50(88)43-83-73-42-77(41-68-66-27-30-81-44-60(66)33-56-17-10-29-82-74(56)68)39-55-22-25-72(77)78(73)28-26-57(40-78)58(23-20-52-13-7-4-8-14-52)45-85-76(80)86-49-94-93-48-69-65(24-21-54-16-9-15-53(31-54)19-18-51-11-5-3-6-12-51)61(46-84-75(69)79)34-59-36-70(91)71(92-2)38-67(59)62(47-87)35-64(90)37-63(89)32-55/h3-17,31,35-36,38,46,50,55-58,60,66,68,72-75,81-84,87-88,91H,18-30,32-34,37,39-45,47-49,79H2,1-2H3,(H3,80,85,86). The van der Waals surface area contributed by atoms with Crippen LogP contribution in [0.15, 0.2) is 143 Å². The van der Waals surface area contributed by atoms with E-state index in [1.54, 1.807) is 33.7 Å². The molecule has 94 heavy (non-hydrogen) atoms. The van der Waals surface area contributed by atoms with E-state index in [9.17, 15) is 24.9 Å². The van der Waals surface area contributed by atoms with E-state index in [0.29, 0.717) is 108 Å². The molecule has 504 valence electrons. The van der Waals surface area contributed by atoms with Crippen molar-refractivity contribution in [2.45, 2.75) is 153 Å². The van der Waals surface area contributed by atoms with Gasteiger partial charge >= 0.3 is 0 Å². The average Bonchev–Trinajstić information content (AvgIpc) is 1.53. The lowest BCUT2D eigenvalue weighted by atomic mass is 9.52. The first kappa shape index (κ1) is 68.3. The number of aliphatic imine (C=N–C) groups is 1. The number of carbonyl (C=O) groups excluding carboxylic acids is 2. The minimum atomic E-state index is -0.489. The lowest BCUT2D eigenvalue weighted by Gasteiger charge is -2.55. The third-order valence-corrected chi connectivity index (χ3v) is 25.5. The molecular weight excluding hydrogens is 1210 g/mol. The first-order chi connectivity index (χ1) is 45.8. The molecule has 9 aliphatic rings. The minimum Gasteiger partial charge on any atom is -0.504 e. The van der Waals surface area contributed by atoms with Gasteiger partial charge in [0.05, 0.1) is 38.3 Å². The third-order valence-electron chi connectivity index (χ3n) is 23.5. The van der Waals surface area contributed by atoms with E-state index in [-0.39, 0.29) is 52.3 Å². The van der Waals surface area contributed by atoms with Crippen LogP contribution in [0.3, 0.4) is 0 Å². The molecule has 0 amide bonds. The second-order valence-corrected chi connectivity index (χ2v) is 31.7. The molecule has 14 nitrogen and oxygen atoms in total. The highest BCUT2D eigenvalue weighted by Crippen LogP contribution is 2.71. The normalized spacial score (nSPS) is 31.3. The van der Waals surface area contributed by atoms with Crippen molar-refractivity contribution in [3.8, 4) is 11.5 Å². The van der Waals surface area contributed by atoms with Crippen LogP contribution in [0.5, 0.6) is 11.5 Å². The molecule has 12 N–H and O–H groups in total. The Balaban J connectivity index is 0.881. The number of allylic oxidation sites excluding steroid dienone is 3. The van der Waals surface area contributed by atoms with Gasteiger partial charge in [0.1, 0.15) is 5.78 Å². The van der Waals surface area contributed by atoms with Crippen molar-refractivity contribution >= 4 is 44.7 Å². The number of piperidine rings is 1. The summed E-state index contributed by atoms with van der Waals surface area (Å²) in [7, 11) is 4.85. The van der Waals surface area contributed by atoms with Crippen LogP contribution in [-0.4, -0.2) is 115 Å². The van der Waals surface area contributed by atoms with Crippen LogP contribution in [0.4, 0.5) is 0 Å². The van der Waals surface area contributed by atoms with Crippen LogP contribution in [0, 0.1) is 58.2 Å². The van der Waals surface area contributed by atoms with Crippen molar-refractivity contribution in [2.24, 2.45) is 74.6 Å². The maximum absolute atomic E-state index is 14.8. The summed E-state index contributed by atoms with van der Waals surface area (Å²) in [5.41, 5.74) is 23.9. The number of phenolic OH excluding ortho intramolecular Hbond substituents is 1. The monoisotopic (exact) mass is 1310 g/mol. The molecule has 1 saturated heterocycles. The number of hydrogen-bond acceptors (Lipinski definition) is 16. The predicted molar refractivity (Wildman–Crippen MR) is 383 cm³/mol. The summed E-state index contributed by atoms with van der Waals surface area (Å²) < 4.78 is 5.69. The number of hydrogen-bond donors (Lipinski definition) is 10. The van der Waals surface area contributed by atoms with Gasteiger partial charge in [-0.2, -0.15) is 0 Å². The Morgan fingerprint density at radius 2 is 1.62 bits per heavy atom. The Bertz CT molecular complexity index is 3410. The summed E-state index contributed by atoms with van der Waals surface area (Å²) in [5, 5.41) is 53.0. The maximum Gasteiger partial charge on any atom is 0.189 e. The zero-order valence-electron chi connectivity index (χ0n) is 55.6. The molecule has 4 aliphatic carbocycles. The highest BCUT2D eigenvalue weighted by molar-refractivity contribution is 8.76. The quantitative estimate of drug-likeness (QED) is 0.0286. The van der Waals surface area contributed by atoms with Crippen LogP contribution < -0.4 is 42.8 Å². The van der Waals surface area contributed by atoms with E-state index in [4.69, 9.17) is 21.2 Å². The van der Waals surface area contributed by atoms with E-state index in [1.807, 2.05) is 13.1 Å². The lowest BCUT2D eigenvalue weighted by molar-refractivity contribution is -0.126. The van der Waals surface area contributed by atoms with E-state index >= 15 is 0 Å². The summed E-state index contributed by atoms with van der Waals surface area (Å²) in [4.78, 5) is 34.3. The summed E-state index contributed by atoms with van der Waals surface area (Å²) in [6.45, 7) is 5.73. The number of rotatable bonds is 16. The fourth-order valence-corrected chi connectivity index (χ4v) is 21.2. The van der Waals surface area contributed by atoms with E-state index in [1.165, 1.54) is 48.3 Å². The number of nitrogens with two attached hydrogens (primary N) is 2. The number of aliphatic hydroxyl groups excluding tert-OH is 2. The largest absolute Gasteiger partial charge is 0.504 e. The molecule has 14 atom stereocenters. The van der Waals surface area contributed by atoms with E-state index in [0.717, 1.165) is 126 Å². The molecule has 7 bridgehead atoms. The van der Waals surface area contributed by atoms with Crippen molar-refractivity contribution in [3.05, 3.63) is 172 Å². The number of guanidine groups is 1. The number of Topliss-reactive ketones (excluding diaryl/α,β-unsaturated/α-hetero) is 1. The number of aryl methyl sites for hydroxylation is 4. The third kappa shape index (κ3) is 16.1. The van der Waals surface area contributed by atoms with Gasteiger partial charge in [0.15, 0.2) is 23.2 Å². The molecule has 0 radical (unpaired) electrons. The summed E-state index contributed by atoms with van der Waals surface area (Å²) in [6.07, 6.45) is 23.9. The van der Waals surface area contributed by atoms with E-state index < -0.39 is 18.9 Å². The Morgan fingerprint density at radius 3 is 2.39 bits per heavy atom. The van der Waals surface area contributed by atoms with Crippen LogP contribution in [-0.2, 0) is 41.7 Å². The first-order valence-electron chi connectivity index (χ1n) is 35.4. The molecular formula is C78H104N8O6S2. The number of phenols is 1. The van der Waals surface area contributed by atoms with Gasteiger partial charge in [-0.3, -0.25) is 9.59 Å². The molecule has 5 aliphatic heterocycles. The molecule has 5 heterocycles. The number of aliphatic hydroxyl groups is 2. The second kappa shape index (κ2) is 31.7. The number of methoxy groups -OCH3 is 1. The molecule has 13 rings (SSSR count). The number of ether oxygens (including phenoxy) is 1. The molecule has 0 aromatic heterocycles. The van der Waals surface area contributed by atoms with Gasteiger partial charge in [-0.25, -0.2) is 4.99 Å².